The minimum Gasteiger partial charge on any atom is -0.376 e. The molecule has 1 aromatic rings. The van der Waals surface area contributed by atoms with Crippen molar-refractivity contribution in [1.82, 2.24) is 0 Å². The van der Waals surface area contributed by atoms with E-state index in [0.29, 0.717) is 5.69 Å². The van der Waals surface area contributed by atoms with Crippen LogP contribution in [0.2, 0.25) is 0 Å². The van der Waals surface area contributed by atoms with Gasteiger partial charge in [-0.25, -0.2) is 0 Å². The van der Waals surface area contributed by atoms with E-state index in [2.05, 4.69) is 17.5 Å². The molecule has 0 spiro atoms. The van der Waals surface area contributed by atoms with Gasteiger partial charge >= 0.3 is 0 Å². The van der Waals surface area contributed by atoms with Crippen LogP contribution in [0.1, 0.15) is 0 Å². The van der Waals surface area contributed by atoms with Gasteiger partial charge in [-0.3, -0.25) is 4.55 Å². The number of anilines is 1. The van der Waals surface area contributed by atoms with E-state index in [1.165, 1.54) is 24.3 Å². The third-order valence-corrected chi connectivity index (χ3v) is 2.39. The van der Waals surface area contributed by atoms with E-state index in [1.54, 1.807) is 0 Å². The molecule has 0 saturated carbocycles. The first-order chi connectivity index (χ1) is 6.39. The summed E-state index contributed by atoms with van der Waals surface area (Å²) in [6.07, 6.45) is 0. The Labute approximate surface area is 115 Å². The van der Waals surface area contributed by atoms with Gasteiger partial charge in [0.1, 0.15) is 0 Å². The summed E-state index contributed by atoms with van der Waals surface area (Å²) in [5.41, 5.74) is 5.76. The number of hydrogen-bond acceptors (Lipinski definition) is 3. The van der Waals surface area contributed by atoms with Crippen LogP contribution in [0.15, 0.2) is 29.2 Å². The first-order valence-electron chi connectivity index (χ1n) is 3.53. The van der Waals surface area contributed by atoms with Crippen molar-refractivity contribution in [3.05, 3.63) is 24.3 Å². The van der Waals surface area contributed by atoms with Crippen LogP contribution >= 0.6 is 12.2 Å². The number of nitrogens with two attached hydrogens (primary N) is 1. The molecule has 1 radical (unpaired) electrons. The number of rotatable bonds is 2. The summed E-state index contributed by atoms with van der Waals surface area (Å²) in [5.74, 6) is 0. The van der Waals surface area contributed by atoms with E-state index < -0.39 is 10.1 Å². The van der Waals surface area contributed by atoms with E-state index in [4.69, 9.17) is 10.3 Å². The normalized spacial score (nSPS) is 10.2. The molecule has 0 saturated heterocycles. The Kier molecular flexibility index (Phi) is 5.71. The van der Waals surface area contributed by atoms with Crippen molar-refractivity contribution in [1.29, 1.82) is 0 Å². The van der Waals surface area contributed by atoms with Crippen LogP contribution in [-0.4, -0.2) is 47.6 Å². The molecule has 0 aromatic heterocycles. The van der Waals surface area contributed by atoms with Gasteiger partial charge in [0.15, 0.2) is 5.11 Å². The maximum atomic E-state index is 10.7. The zero-order valence-corrected chi connectivity index (χ0v) is 11.6. The second-order valence-corrected chi connectivity index (χ2v) is 4.35. The van der Waals surface area contributed by atoms with Gasteiger partial charge in [0, 0.05) is 35.2 Å². The van der Waals surface area contributed by atoms with Crippen LogP contribution in [0, 0.1) is 0 Å². The zero-order valence-electron chi connectivity index (χ0n) is 7.97. The molecule has 77 valence electrons. The molecule has 1 aromatic carbocycles. The largest absolute Gasteiger partial charge is 0.376 e. The Morgan fingerprint density at radius 3 is 2.13 bits per heavy atom. The molecule has 0 fully saturated rings. The van der Waals surface area contributed by atoms with E-state index >= 15 is 0 Å². The minimum absolute atomic E-state index is 0. The van der Waals surface area contributed by atoms with Gasteiger partial charge in [-0.15, -0.1) is 0 Å². The van der Waals surface area contributed by atoms with E-state index in [-0.39, 0.29) is 39.6 Å². The van der Waals surface area contributed by atoms with Crippen LogP contribution in [-0.2, 0) is 10.1 Å². The summed E-state index contributed by atoms with van der Waals surface area (Å²) in [6, 6.07) is 5.39. The van der Waals surface area contributed by atoms with Crippen molar-refractivity contribution in [3.8, 4) is 0 Å². The zero-order chi connectivity index (χ0) is 10.8. The Bertz CT molecular complexity index is 444. The van der Waals surface area contributed by atoms with Crippen molar-refractivity contribution in [3.63, 3.8) is 0 Å². The fraction of sp³-hybridized carbons (Fsp3) is 0. The van der Waals surface area contributed by atoms with Gasteiger partial charge in [0.2, 0.25) is 0 Å². The summed E-state index contributed by atoms with van der Waals surface area (Å²) in [6.45, 7) is 0. The SMILES string of the molecule is NC(=S)Nc1ccc(S(=O)(=O)O)cc1.[Na]. The molecule has 0 bridgehead atoms. The maximum Gasteiger partial charge on any atom is 0.294 e. The van der Waals surface area contributed by atoms with Crippen molar-refractivity contribution >= 4 is 62.7 Å². The van der Waals surface area contributed by atoms with Crippen LogP contribution in [0.4, 0.5) is 5.69 Å². The summed E-state index contributed by atoms with van der Waals surface area (Å²) < 4.78 is 30.0. The molecule has 0 heterocycles. The quantitative estimate of drug-likeness (QED) is 0.397. The van der Waals surface area contributed by atoms with Crippen molar-refractivity contribution in [2.45, 2.75) is 4.90 Å². The van der Waals surface area contributed by atoms with Crippen molar-refractivity contribution in [2.75, 3.05) is 5.32 Å². The standard InChI is InChI=1S/C7H8N2O3S2.Na/c8-7(13)9-5-1-3-6(4-2-5)14(10,11)12;/h1-4H,(H3,8,9,13)(H,10,11,12);. The molecule has 5 nitrogen and oxygen atoms in total. The summed E-state index contributed by atoms with van der Waals surface area (Å²) in [5, 5.41) is 2.70. The fourth-order valence-corrected chi connectivity index (χ4v) is 1.45. The monoisotopic (exact) mass is 255 g/mol. The summed E-state index contributed by atoms with van der Waals surface area (Å²) >= 11 is 4.58. The topological polar surface area (TPSA) is 92.4 Å². The van der Waals surface area contributed by atoms with Crippen molar-refractivity contribution in [2.24, 2.45) is 5.73 Å². The van der Waals surface area contributed by atoms with Crippen molar-refractivity contribution < 1.29 is 13.0 Å². The molecule has 0 amide bonds. The van der Waals surface area contributed by atoms with E-state index in [0.717, 1.165) is 0 Å². The fourth-order valence-electron chi connectivity index (χ4n) is 0.852. The van der Waals surface area contributed by atoms with Gasteiger partial charge in [0.05, 0.1) is 4.90 Å². The molecule has 4 N–H and O–H groups in total. The average molecular weight is 255 g/mol. The van der Waals surface area contributed by atoms with Gasteiger partial charge in [-0.2, -0.15) is 8.42 Å². The third kappa shape index (κ3) is 4.92. The first kappa shape index (κ1) is 14.8. The molecule has 15 heavy (non-hydrogen) atoms. The first-order valence-corrected chi connectivity index (χ1v) is 5.38. The molecule has 0 aliphatic carbocycles. The van der Waals surface area contributed by atoms with Gasteiger partial charge < -0.3 is 11.1 Å². The molecule has 1 rings (SSSR count). The molecule has 0 aliphatic rings. The second-order valence-electron chi connectivity index (χ2n) is 2.49. The van der Waals surface area contributed by atoms with Crippen LogP contribution in [0.5, 0.6) is 0 Å². The Morgan fingerprint density at radius 1 is 1.33 bits per heavy atom. The van der Waals surface area contributed by atoms with E-state index in [9.17, 15) is 8.42 Å². The smallest absolute Gasteiger partial charge is 0.294 e. The molecule has 0 unspecified atom stereocenters. The number of benzene rings is 1. The third-order valence-electron chi connectivity index (χ3n) is 1.42. The average Bonchev–Trinajstić information content (AvgIpc) is 2.02. The maximum absolute atomic E-state index is 10.7. The van der Waals surface area contributed by atoms with Crippen LogP contribution in [0.25, 0.3) is 0 Å². The van der Waals surface area contributed by atoms with Gasteiger partial charge in [0.25, 0.3) is 10.1 Å². The Morgan fingerprint density at radius 2 is 1.80 bits per heavy atom. The van der Waals surface area contributed by atoms with Crippen LogP contribution < -0.4 is 11.1 Å². The molecular formula is C7H8N2NaO3S2. The predicted octanol–water partition coefficient (Wildman–Crippen LogP) is 0.208. The summed E-state index contributed by atoms with van der Waals surface area (Å²) in [7, 11) is -4.14. The second kappa shape index (κ2) is 5.78. The molecular weight excluding hydrogens is 247 g/mol. The van der Waals surface area contributed by atoms with Gasteiger partial charge in [-0.1, -0.05) is 0 Å². The summed E-state index contributed by atoms with van der Waals surface area (Å²) in [4.78, 5) is -0.175. The number of hydrogen-bond donors (Lipinski definition) is 3. The van der Waals surface area contributed by atoms with Crippen LogP contribution in [0.3, 0.4) is 0 Å². The minimum atomic E-state index is -4.14. The molecule has 0 atom stereocenters. The predicted molar refractivity (Wildman–Crippen MR) is 62.4 cm³/mol. The van der Waals surface area contributed by atoms with E-state index in [1.807, 2.05) is 0 Å². The number of nitrogens with one attached hydrogen (secondary N) is 1. The Hall–Kier alpha value is -0.180. The number of thiocarbonyl (C=S) groups is 1. The molecule has 0 aliphatic heterocycles. The Balaban J connectivity index is 0.00000196. The van der Waals surface area contributed by atoms with Gasteiger partial charge in [-0.05, 0) is 36.5 Å². The molecule has 8 heteroatoms.